The van der Waals surface area contributed by atoms with Crippen LogP contribution in [0.1, 0.15) is 19.4 Å². The topological polar surface area (TPSA) is 71.1 Å². The molecule has 16 heavy (non-hydrogen) atoms. The van der Waals surface area contributed by atoms with Crippen molar-refractivity contribution >= 4 is 11.8 Å². The smallest absolute Gasteiger partial charge is 0.309 e. The number of hydrogen-bond donors (Lipinski definition) is 2. The number of amides is 2. The molecule has 1 aromatic heterocycles. The molecule has 0 fully saturated rings. The Hall–Kier alpha value is -1.91. The minimum atomic E-state index is -0.627. The maximum Gasteiger partial charge on any atom is 0.309 e. The molecule has 0 aliphatic rings. The summed E-state index contributed by atoms with van der Waals surface area (Å²) < 4.78 is 0. The van der Waals surface area contributed by atoms with E-state index >= 15 is 0 Å². The molecule has 1 heterocycles. The number of aromatic nitrogens is 1. The average Bonchev–Trinajstić information content (AvgIpc) is 2.26. The van der Waals surface area contributed by atoms with E-state index in [4.69, 9.17) is 0 Å². The predicted octanol–water partition coefficient (Wildman–Crippen LogP) is 0.222. The minimum absolute atomic E-state index is 0.0448. The number of nitrogens with one attached hydrogen (secondary N) is 2. The van der Waals surface area contributed by atoms with Crippen LogP contribution < -0.4 is 10.6 Å². The quantitative estimate of drug-likeness (QED) is 0.717. The number of rotatable bonds is 3. The zero-order chi connectivity index (χ0) is 12.0. The molecule has 0 atom stereocenters. The van der Waals surface area contributed by atoms with Crippen molar-refractivity contribution in [3.63, 3.8) is 0 Å². The van der Waals surface area contributed by atoms with Crippen molar-refractivity contribution in [2.45, 2.75) is 26.4 Å². The summed E-state index contributed by atoms with van der Waals surface area (Å²) in [6, 6.07) is 3.56. The number of carbonyl (C=O) groups is 2. The second kappa shape index (κ2) is 5.85. The van der Waals surface area contributed by atoms with E-state index in [-0.39, 0.29) is 6.04 Å². The molecule has 0 aliphatic heterocycles. The molecule has 1 aromatic rings. The van der Waals surface area contributed by atoms with Gasteiger partial charge in [-0.2, -0.15) is 0 Å². The van der Waals surface area contributed by atoms with Gasteiger partial charge in [0.25, 0.3) is 0 Å². The average molecular weight is 221 g/mol. The molecule has 0 saturated heterocycles. The fourth-order valence-electron chi connectivity index (χ4n) is 1.09. The van der Waals surface area contributed by atoms with Crippen molar-refractivity contribution in [2.24, 2.45) is 0 Å². The van der Waals surface area contributed by atoms with E-state index in [2.05, 4.69) is 15.6 Å². The summed E-state index contributed by atoms with van der Waals surface area (Å²) >= 11 is 0. The van der Waals surface area contributed by atoms with Crippen LogP contribution in [-0.2, 0) is 16.1 Å². The van der Waals surface area contributed by atoms with Gasteiger partial charge >= 0.3 is 11.8 Å². The van der Waals surface area contributed by atoms with Crippen LogP contribution in [0.3, 0.4) is 0 Å². The van der Waals surface area contributed by atoms with Crippen LogP contribution in [0.25, 0.3) is 0 Å². The molecule has 2 N–H and O–H groups in total. The Morgan fingerprint density at radius 3 is 2.69 bits per heavy atom. The van der Waals surface area contributed by atoms with Gasteiger partial charge in [0, 0.05) is 25.0 Å². The van der Waals surface area contributed by atoms with E-state index in [0.29, 0.717) is 6.54 Å². The van der Waals surface area contributed by atoms with Gasteiger partial charge in [0.2, 0.25) is 0 Å². The Morgan fingerprint density at radius 2 is 2.12 bits per heavy atom. The molecular formula is C11H15N3O2. The summed E-state index contributed by atoms with van der Waals surface area (Å²) in [5.41, 5.74) is 0.855. The summed E-state index contributed by atoms with van der Waals surface area (Å²) in [5, 5.41) is 5.03. The summed E-state index contributed by atoms with van der Waals surface area (Å²) in [7, 11) is 0. The van der Waals surface area contributed by atoms with Gasteiger partial charge in [-0.05, 0) is 25.5 Å². The Bertz CT molecular complexity index is 363. The molecule has 2 amide bonds. The fourth-order valence-corrected chi connectivity index (χ4v) is 1.09. The lowest BCUT2D eigenvalue weighted by Crippen LogP contribution is -2.42. The van der Waals surface area contributed by atoms with E-state index in [1.165, 1.54) is 0 Å². The maximum atomic E-state index is 11.3. The van der Waals surface area contributed by atoms with E-state index in [0.717, 1.165) is 5.56 Å². The van der Waals surface area contributed by atoms with Crippen molar-refractivity contribution in [3.8, 4) is 0 Å². The van der Waals surface area contributed by atoms with E-state index < -0.39 is 11.8 Å². The third-order valence-corrected chi connectivity index (χ3v) is 1.80. The highest BCUT2D eigenvalue weighted by Crippen LogP contribution is 1.93. The lowest BCUT2D eigenvalue weighted by Gasteiger charge is -2.08. The number of pyridine rings is 1. The molecule has 1 rings (SSSR count). The third-order valence-electron chi connectivity index (χ3n) is 1.80. The summed E-state index contributed by atoms with van der Waals surface area (Å²) in [6.45, 7) is 3.90. The van der Waals surface area contributed by atoms with Crippen LogP contribution >= 0.6 is 0 Å². The number of hydrogen-bond acceptors (Lipinski definition) is 3. The van der Waals surface area contributed by atoms with Gasteiger partial charge in [0.1, 0.15) is 0 Å². The Kier molecular flexibility index (Phi) is 4.44. The summed E-state index contributed by atoms with van der Waals surface area (Å²) in [6.07, 6.45) is 3.29. The molecule has 5 heteroatoms. The second-order valence-corrected chi connectivity index (χ2v) is 3.67. The predicted molar refractivity (Wildman–Crippen MR) is 59.4 cm³/mol. The number of carbonyl (C=O) groups excluding carboxylic acids is 2. The highest BCUT2D eigenvalue weighted by molar-refractivity contribution is 6.35. The first kappa shape index (κ1) is 12.2. The van der Waals surface area contributed by atoms with E-state index in [9.17, 15) is 9.59 Å². The molecule has 0 saturated carbocycles. The first-order chi connectivity index (χ1) is 7.59. The minimum Gasteiger partial charge on any atom is -0.346 e. The van der Waals surface area contributed by atoms with Crippen LogP contribution in [0.4, 0.5) is 0 Å². The lowest BCUT2D eigenvalue weighted by molar-refractivity contribution is -0.139. The molecular weight excluding hydrogens is 206 g/mol. The fraction of sp³-hybridized carbons (Fsp3) is 0.364. The maximum absolute atomic E-state index is 11.3. The Balaban J connectivity index is 2.38. The molecule has 0 aliphatic carbocycles. The molecule has 0 bridgehead atoms. The van der Waals surface area contributed by atoms with Crippen molar-refractivity contribution in [1.82, 2.24) is 15.6 Å². The largest absolute Gasteiger partial charge is 0.346 e. The van der Waals surface area contributed by atoms with Crippen LogP contribution in [0.2, 0.25) is 0 Å². The molecule has 86 valence electrons. The van der Waals surface area contributed by atoms with Crippen molar-refractivity contribution in [2.75, 3.05) is 0 Å². The summed E-state index contributed by atoms with van der Waals surface area (Å²) in [4.78, 5) is 26.4. The van der Waals surface area contributed by atoms with Gasteiger partial charge in [0.15, 0.2) is 0 Å². The van der Waals surface area contributed by atoms with Crippen molar-refractivity contribution in [3.05, 3.63) is 30.1 Å². The Morgan fingerprint density at radius 1 is 1.38 bits per heavy atom. The Labute approximate surface area is 94.3 Å². The lowest BCUT2D eigenvalue weighted by atomic mass is 10.3. The molecule has 5 nitrogen and oxygen atoms in total. The summed E-state index contributed by atoms with van der Waals surface area (Å²) in [5.74, 6) is -1.24. The van der Waals surface area contributed by atoms with Gasteiger partial charge < -0.3 is 10.6 Å². The van der Waals surface area contributed by atoms with Crippen LogP contribution in [0.5, 0.6) is 0 Å². The molecule has 0 spiro atoms. The SMILES string of the molecule is CC(C)NC(=O)C(=O)NCc1cccnc1. The highest BCUT2D eigenvalue weighted by Gasteiger charge is 2.13. The molecule has 0 unspecified atom stereocenters. The monoisotopic (exact) mass is 221 g/mol. The van der Waals surface area contributed by atoms with E-state index in [1.54, 1.807) is 32.3 Å². The second-order valence-electron chi connectivity index (χ2n) is 3.67. The van der Waals surface area contributed by atoms with Crippen LogP contribution in [0, 0.1) is 0 Å². The van der Waals surface area contributed by atoms with Crippen molar-refractivity contribution < 1.29 is 9.59 Å². The van der Waals surface area contributed by atoms with E-state index in [1.807, 2.05) is 6.07 Å². The van der Waals surface area contributed by atoms with Crippen LogP contribution in [0.15, 0.2) is 24.5 Å². The third kappa shape index (κ3) is 4.08. The standard InChI is InChI=1S/C11H15N3O2/c1-8(2)14-11(16)10(15)13-7-9-4-3-5-12-6-9/h3-6,8H,7H2,1-2H3,(H,13,15)(H,14,16). The zero-order valence-electron chi connectivity index (χ0n) is 9.36. The first-order valence-corrected chi connectivity index (χ1v) is 5.07. The van der Waals surface area contributed by atoms with Gasteiger partial charge in [-0.15, -0.1) is 0 Å². The zero-order valence-corrected chi connectivity index (χ0v) is 9.36. The van der Waals surface area contributed by atoms with Gasteiger partial charge in [-0.1, -0.05) is 6.07 Å². The van der Waals surface area contributed by atoms with Crippen molar-refractivity contribution in [1.29, 1.82) is 0 Å². The molecule has 0 radical (unpaired) electrons. The van der Waals surface area contributed by atoms with Gasteiger partial charge in [-0.25, -0.2) is 0 Å². The van der Waals surface area contributed by atoms with Gasteiger partial charge in [-0.3, -0.25) is 14.6 Å². The number of nitrogens with zero attached hydrogens (tertiary/aromatic N) is 1. The van der Waals surface area contributed by atoms with Gasteiger partial charge in [0.05, 0.1) is 0 Å². The van der Waals surface area contributed by atoms with Crippen LogP contribution in [-0.4, -0.2) is 22.8 Å². The first-order valence-electron chi connectivity index (χ1n) is 5.07. The molecule has 0 aromatic carbocycles. The normalized spacial score (nSPS) is 9.94. The highest BCUT2D eigenvalue weighted by atomic mass is 16.2.